The second kappa shape index (κ2) is 6.23. The van der Waals surface area contributed by atoms with Gasteiger partial charge in [-0.15, -0.1) is 0 Å². The number of hydrogen-bond acceptors (Lipinski definition) is 5. The van der Waals surface area contributed by atoms with Gasteiger partial charge in [-0.05, 0) is 18.2 Å². The van der Waals surface area contributed by atoms with E-state index in [9.17, 15) is 4.79 Å². The number of hydrogen-bond donors (Lipinski definition) is 0. The molecule has 19 heavy (non-hydrogen) atoms. The molecule has 0 saturated heterocycles. The zero-order valence-corrected chi connectivity index (χ0v) is 12.1. The lowest BCUT2D eigenvalue weighted by Gasteiger charge is -2.03. The van der Waals surface area contributed by atoms with Gasteiger partial charge in [-0.25, -0.2) is 14.8 Å². The summed E-state index contributed by atoms with van der Waals surface area (Å²) < 4.78 is 4.54. The van der Waals surface area contributed by atoms with Crippen molar-refractivity contribution in [3.63, 3.8) is 0 Å². The fourth-order valence-electron chi connectivity index (χ4n) is 1.24. The fourth-order valence-corrected chi connectivity index (χ4v) is 2.37. The van der Waals surface area contributed by atoms with E-state index < -0.39 is 5.97 Å². The molecule has 0 saturated carbocycles. The first-order valence-corrected chi connectivity index (χ1v) is 6.70. The summed E-state index contributed by atoms with van der Waals surface area (Å²) >= 11 is 13.1. The van der Waals surface area contributed by atoms with Gasteiger partial charge in [0.2, 0.25) is 0 Å². The summed E-state index contributed by atoms with van der Waals surface area (Å²) in [6, 6.07) is 5.28. The highest BCUT2D eigenvalue weighted by Gasteiger charge is 2.08. The normalized spacial score (nSPS) is 10.3. The molecule has 2 rings (SSSR count). The number of benzene rings is 1. The SMILES string of the molecule is COC(=O)c1cnc(Sc2ccc(Cl)c(Cl)c2)cn1. The van der Waals surface area contributed by atoms with Gasteiger partial charge in [0.25, 0.3) is 0 Å². The van der Waals surface area contributed by atoms with Crippen LogP contribution in [0.4, 0.5) is 0 Å². The Balaban J connectivity index is 2.15. The van der Waals surface area contributed by atoms with E-state index in [1.54, 1.807) is 12.1 Å². The quantitative estimate of drug-likeness (QED) is 0.808. The molecule has 0 aliphatic heterocycles. The molecule has 0 aliphatic rings. The molecule has 0 atom stereocenters. The summed E-state index contributed by atoms with van der Waals surface area (Å²) in [5.74, 6) is -0.515. The van der Waals surface area contributed by atoms with Gasteiger partial charge in [0.05, 0.1) is 29.5 Å². The average Bonchev–Trinajstić information content (AvgIpc) is 2.43. The van der Waals surface area contributed by atoms with E-state index in [0.717, 1.165) is 4.90 Å². The molecule has 0 amide bonds. The van der Waals surface area contributed by atoms with E-state index in [2.05, 4.69) is 14.7 Å². The van der Waals surface area contributed by atoms with Crippen LogP contribution < -0.4 is 0 Å². The minimum atomic E-state index is -0.515. The Labute approximate surface area is 124 Å². The smallest absolute Gasteiger partial charge is 0.358 e. The first kappa shape index (κ1) is 14.1. The van der Waals surface area contributed by atoms with Crippen LogP contribution in [-0.4, -0.2) is 23.0 Å². The van der Waals surface area contributed by atoms with Crippen LogP contribution in [0.1, 0.15) is 10.5 Å². The molecule has 0 radical (unpaired) electrons. The maximum Gasteiger partial charge on any atom is 0.358 e. The molecule has 4 nitrogen and oxygen atoms in total. The Morgan fingerprint density at radius 1 is 1.21 bits per heavy atom. The number of halogens is 2. The van der Waals surface area contributed by atoms with Gasteiger partial charge in [0.15, 0.2) is 5.69 Å². The lowest BCUT2D eigenvalue weighted by atomic mass is 10.4. The number of rotatable bonds is 3. The van der Waals surface area contributed by atoms with E-state index in [1.807, 2.05) is 6.07 Å². The van der Waals surface area contributed by atoms with Crippen molar-refractivity contribution in [2.45, 2.75) is 9.92 Å². The first-order valence-electron chi connectivity index (χ1n) is 5.13. The van der Waals surface area contributed by atoms with Crippen molar-refractivity contribution >= 4 is 40.9 Å². The molecular formula is C12H8Cl2N2O2S. The number of methoxy groups -OCH3 is 1. The van der Waals surface area contributed by atoms with Crippen LogP contribution >= 0.6 is 35.0 Å². The van der Waals surface area contributed by atoms with E-state index in [1.165, 1.54) is 31.3 Å². The molecule has 1 heterocycles. The van der Waals surface area contributed by atoms with Crippen molar-refractivity contribution in [1.82, 2.24) is 9.97 Å². The topological polar surface area (TPSA) is 52.1 Å². The van der Waals surface area contributed by atoms with E-state index in [0.29, 0.717) is 15.1 Å². The van der Waals surface area contributed by atoms with Crippen molar-refractivity contribution < 1.29 is 9.53 Å². The predicted molar refractivity (Wildman–Crippen MR) is 74.0 cm³/mol. The lowest BCUT2D eigenvalue weighted by molar-refractivity contribution is 0.0593. The molecule has 7 heteroatoms. The van der Waals surface area contributed by atoms with Gasteiger partial charge in [0.1, 0.15) is 5.03 Å². The van der Waals surface area contributed by atoms with E-state index >= 15 is 0 Å². The third-order valence-electron chi connectivity index (χ3n) is 2.14. The second-order valence-corrected chi connectivity index (χ2v) is 5.32. The highest BCUT2D eigenvalue weighted by molar-refractivity contribution is 7.99. The predicted octanol–water partition coefficient (Wildman–Crippen LogP) is 3.72. The number of esters is 1. The van der Waals surface area contributed by atoms with Crippen LogP contribution in [0.2, 0.25) is 10.0 Å². The summed E-state index contributed by atoms with van der Waals surface area (Å²) in [4.78, 5) is 20.2. The Morgan fingerprint density at radius 3 is 2.58 bits per heavy atom. The third kappa shape index (κ3) is 3.59. The van der Waals surface area contributed by atoms with Crippen molar-refractivity contribution in [1.29, 1.82) is 0 Å². The molecule has 0 unspecified atom stereocenters. The largest absolute Gasteiger partial charge is 0.464 e. The van der Waals surface area contributed by atoms with E-state index in [4.69, 9.17) is 23.2 Å². The van der Waals surface area contributed by atoms with Gasteiger partial charge in [-0.1, -0.05) is 35.0 Å². The number of ether oxygens (including phenoxy) is 1. The Bertz CT molecular complexity index is 605. The van der Waals surface area contributed by atoms with Crippen molar-refractivity contribution in [3.8, 4) is 0 Å². The molecule has 0 N–H and O–H groups in total. The number of nitrogens with zero attached hydrogens (tertiary/aromatic N) is 2. The summed E-state index contributed by atoms with van der Waals surface area (Å²) in [7, 11) is 1.29. The molecule has 1 aromatic carbocycles. The Kier molecular flexibility index (Phi) is 4.63. The van der Waals surface area contributed by atoms with Gasteiger partial charge in [-0.3, -0.25) is 0 Å². The minimum Gasteiger partial charge on any atom is -0.464 e. The Hall–Kier alpha value is -1.30. The highest BCUT2D eigenvalue weighted by Crippen LogP contribution is 2.31. The maximum absolute atomic E-state index is 11.2. The molecule has 0 spiro atoms. The fraction of sp³-hybridized carbons (Fsp3) is 0.0833. The summed E-state index contributed by atoms with van der Waals surface area (Å²) in [6.07, 6.45) is 2.87. The minimum absolute atomic E-state index is 0.168. The summed E-state index contributed by atoms with van der Waals surface area (Å²) in [6.45, 7) is 0. The highest BCUT2D eigenvalue weighted by atomic mass is 35.5. The van der Waals surface area contributed by atoms with Crippen LogP contribution in [-0.2, 0) is 4.74 Å². The molecule has 1 aromatic heterocycles. The Morgan fingerprint density at radius 2 is 2.00 bits per heavy atom. The summed E-state index contributed by atoms with van der Waals surface area (Å²) in [5, 5.41) is 1.62. The van der Waals surface area contributed by atoms with Crippen molar-refractivity contribution in [3.05, 3.63) is 46.3 Å². The van der Waals surface area contributed by atoms with Gasteiger partial charge in [-0.2, -0.15) is 0 Å². The molecule has 0 bridgehead atoms. The molecule has 0 fully saturated rings. The van der Waals surface area contributed by atoms with E-state index in [-0.39, 0.29) is 5.69 Å². The van der Waals surface area contributed by atoms with Gasteiger partial charge >= 0.3 is 5.97 Å². The molecule has 98 valence electrons. The number of carbonyl (C=O) groups excluding carboxylic acids is 1. The second-order valence-electron chi connectivity index (χ2n) is 3.41. The van der Waals surface area contributed by atoms with Gasteiger partial charge < -0.3 is 4.74 Å². The van der Waals surface area contributed by atoms with Crippen LogP contribution in [0, 0.1) is 0 Å². The lowest BCUT2D eigenvalue weighted by Crippen LogP contribution is -2.04. The standard InChI is InChI=1S/C12H8Cl2N2O2S/c1-18-12(17)10-5-16-11(6-15-10)19-7-2-3-8(13)9(14)4-7/h2-6H,1H3. The third-order valence-corrected chi connectivity index (χ3v) is 3.78. The number of aromatic nitrogens is 2. The number of carbonyl (C=O) groups is 1. The molecular weight excluding hydrogens is 307 g/mol. The van der Waals surface area contributed by atoms with Crippen LogP contribution in [0.3, 0.4) is 0 Å². The van der Waals surface area contributed by atoms with Crippen LogP contribution in [0.5, 0.6) is 0 Å². The first-order chi connectivity index (χ1) is 9.10. The van der Waals surface area contributed by atoms with Gasteiger partial charge in [0, 0.05) is 4.90 Å². The van der Waals surface area contributed by atoms with Crippen molar-refractivity contribution in [2.75, 3.05) is 7.11 Å². The van der Waals surface area contributed by atoms with Crippen LogP contribution in [0.15, 0.2) is 40.5 Å². The molecule has 2 aromatic rings. The summed E-state index contributed by atoms with van der Waals surface area (Å²) in [5.41, 5.74) is 0.168. The van der Waals surface area contributed by atoms with Crippen molar-refractivity contribution in [2.24, 2.45) is 0 Å². The maximum atomic E-state index is 11.2. The zero-order chi connectivity index (χ0) is 13.8. The zero-order valence-electron chi connectivity index (χ0n) is 9.76. The monoisotopic (exact) mass is 314 g/mol. The molecule has 0 aliphatic carbocycles. The van der Waals surface area contributed by atoms with Crippen LogP contribution in [0.25, 0.3) is 0 Å². The average molecular weight is 315 g/mol.